The Hall–Kier alpha value is 0.0200. The fraction of sp³-hybridized carbons (Fsp3) is 0.875. The van der Waals surface area contributed by atoms with E-state index in [1.807, 2.05) is 11.8 Å². The maximum absolute atomic E-state index is 10.6. The molecule has 1 rings (SSSR count). The van der Waals surface area contributed by atoms with Gasteiger partial charge in [0.1, 0.15) is 5.78 Å². The molecule has 1 fully saturated rings. The third kappa shape index (κ3) is 2.74. The van der Waals surface area contributed by atoms with Crippen molar-refractivity contribution in [3.05, 3.63) is 0 Å². The van der Waals surface area contributed by atoms with Gasteiger partial charge in [0.2, 0.25) is 0 Å². The van der Waals surface area contributed by atoms with Crippen LogP contribution >= 0.6 is 11.8 Å². The highest BCUT2D eigenvalue weighted by atomic mass is 32.2. The number of ketones is 1. The van der Waals surface area contributed by atoms with Crippen LogP contribution in [0.3, 0.4) is 0 Å². The molecule has 0 aromatic carbocycles. The van der Waals surface area contributed by atoms with Gasteiger partial charge >= 0.3 is 0 Å². The molecular formula is C8H14OS. The van der Waals surface area contributed by atoms with Gasteiger partial charge in [-0.05, 0) is 19.8 Å². The number of hydrogen-bond donors (Lipinski definition) is 0. The van der Waals surface area contributed by atoms with Crippen molar-refractivity contribution in [3.63, 3.8) is 0 Å². The summed E-state index contributed by atoms with van der Waals surface area (Å²) in [6, 6.07) is 0. The van der Waals surface area contributed by atoms with E-state index < -0.39 is 0 Å². The van der Waals surface area contributed by atoms with Gasteiger partial charge < -0.3 is 0 Å². The van der Waals surface area contributed by atoms with E-state index in [1.165, 1.54) is 25.7 Å². The monoisotopic (exact) mass is 158 g/mol. The van der Waals surface area contributed by atoms with Crippen LogP contribution in [-0.4, -0.2) is 16.8 Å². The number of carbonyl (C=O) groups is 1. The molecule has 0 aliphatic heterocycles. The summed E-state index contributed by atoms with van der Waals surface area (Å²) in [7, 11) is 0. The number of rotatable bonds is 3. The first kappa shape index (κ1) is 8.12. The van der Waals surface area contributed by atoms with Gasteiger partial charge in [-0.25, -0.2) is 0 Å². The Kier molecular flexibility index (Phi) is 3.26. The predicted molar refractivity (Wildman–Crippen MR) is 45.4 cm³/mol. The maximum Gasteiger partial charge on any atom is 0.139 e. The average molecular weight is 158 g/mol. The first-order chi connectivity index (χ1) is 4.79. The fourth-order valence-electron chi connectivity index (χ4n) is 1.29. The summed E-state index contributed by atoms with van der Waals surface area (Å²) in [6.07, 6.45) is 5.40. The highest BCUT2D eigenvalue weighted by Crippen LogP contribution is 2.28. The molecule has 1 aliphatic carbocycles. The van der Waals surface area contributed by atoms with Gasteiger partial charge in [-0.2, -0.15) is 11.8 Å². The molecule has 0 radical (unpaired) electrons. The minimum atomic E-state index is 0.317. The van der Waals surface area contributed by atoms with Gasteiger partial charge in [-0.3, -0.25) is 4.79 Å². The SMILES string of the molecule is CC(=O)CSC1CCCC1. The van der Waals surface area contributed by atoms with E-state index in [-0.39, 0.29) is 0 Å². The molecule has 1 nitrogen and oxygen atoms in total. The Morgan fingerprint density at radius 3 is 2.60 bits per heavy atom. The standard InChI is InChI=1S/C8H14OS/c1-7(9)6-10-8-4-2-3-5-8/h8H,2-6H2,1H3. The Balaban J connectivity index is 2.07. The molecule has 10 heavy (non-hydrogen) atoms. The van der Waals surface area contributed by atoms with Crippen LogP contribution in [0.5, 0.6) is 0 Å². The topological polar surface area (TPSA) is 17.1 Å². The van der Waals surface area contributed by atoms with Gasteiger partial charge in [-0.15, -0.1) is 0 Å². The van der Waals surface area contributed by atoms with Crippen molar-refractivity contribution in [1.82, 2.24) is 0 Å². The van der Waals surface area contributed by atoms with Crippen LogP contribution in [-0.2, 0) is 4.79 Å². The summed E-state index contributed by atoms with van der Waals surface area (Å²) in [5.74, 6) is 1.04. The van der Waals surface area contributed by atoms with Crippen molar-refractivity contribution in [2.24, 2.45) is 0 Å². The molecule has 0 spiro atoms. The highest BCUT2D eigenvalue weighted by molar-refractivity contribution is 8.00. The molecule has 0 unspecified atom stereocenters. The largest absolute Gasteiger partial charge is 0.299 e. The first-order valence-corrected chi connectivity index (χ1v) is 4.95. The summed E-state index contributed by atoms with van der Waals surface area (Å²) < 4.78 is 0. The normalized spacial score (nSPS) is 19.7. The second-order valence-electron chi connectivity index (χ2n) is 2.92. The third-order valence-corrected chi connectivity index (χ3v) is 3.34. The van der Waals surface area contributed by atoms with Crippen molar-refractivity contribution in [2.45, 2.75) is 37.9 Å². The quantitative estimate of drug-likeness (QED) is 0.626. The van der Waals surface area contributed by atoms with Crippen LogP contribution in [0.4, 0.5) is 0 Å². The van der Waals surface area contributed by atoms with Crippen molar-refractivity contribution in [2.75, 3.05) is 5.75 Å². The molecular weight excluding hydrogens is 144 g/mol. The Bertz CT molecular complexity index is 116. The minimum absolute atomic E-state index is 0.317. The molecule has 58 valence electrons. The molecule has 0 atom stereocenters. The second-order valence-corrected chi connectivity index (χ2v) is 4.21. The number of thioether (sulfide) groups is 1. The van der Waals surface area contributed by atoms with Crippen molar-refractivity contribution < 1.29 is 4.79 Å². The van der Waals surface area contributed by atoms with Crippen LogP contribution in [0.1, 0.15) is 32.6 Å². The van der Waals surface area contributed by atoms with Crippen LogP contribution in [0.2, 0.25) is 0 Å². The van der Waals surface area contributed by atoms with Crippen LogP contribution in [0, 0.1) is 0 Å². The van der Waals surface area contributed by atoms with Crippen LogP contribution < -0.4 is 0 Å². The molecule has 0 aromatic rings. The number of Topliss-reactive ketones (excluding diaryl/α,β-unsaturated/α-hetero) is 1. The highest BCUT2D eigenvalue weighted by Gasteiger charge is 2.15. The molecule has 0 N–H and O–H groups in total. The molecule has 2 heteroatoms. The predicted octanol–water partition coefficient (Wildman–Crippen LogP) is 2.25. The molecule has 0 aromatic heterocycles. The van der Waals surface area contributed by atoms with Gasteiger partial charge in [0.15, 0.2) is 0 Å². The molecule has 0 saturated heterocycles. The summed E-state index contributed by atoms with van der Waals surface area (Å²) in [5.41, 5.74) is 0. The number of hydrogen-bond acceptors (Lipinski definition) is 2. The molecule has 0 bridgehead atoms. The lowest BCUT2D eigenvalue weighted by Gasteiger charge is -2.04. The second kappa shape index (κ2) is 4.02. The zero-order valence-electron chi connectivity index (χ0n) is 6.43. The van der Waals surface area contributed by atoms with E-state index in [2.05, 4.69) is 0 Å². The van der Waals surface area contributed by atoms with Gasteiger partial charge in [0.05, 0.1) is 5.75 Å². The van der Waals surface area contributed by atoms with E-state index in [0.29, 0.717) is 5.78 Å². The summed E-state index contributed by atoms with van der Waals surface area (Å²) in [4.78, 5) is 10.6. The van der Waals surface area contributed by atoms with Gasteiger partial charge in [0, 0.05) is 5.25 Å². The minimum Gasteiger partial charge on any atom is -0.299 e. The average Bonchev–Trinajstić information content (AvgIpc) is 2.34. The Morgan fingerprint density at radius 1 is 1.50 bits per heavy atom. The van der Waals surface area contributed by atoms with E-state index >= 15 is 0 Å². The summed E-state index contributed by atoms with van der Waals surface area (Å²) in [6.45, 7) is 1.67. The van der Waals surface area contributed by atoms with Crippen molar-refractivity contribution in [3.8, 4) is 0 Å². The van der Waals surface area contributed by atoms with Crippen LogP contribution in [0.25, 0.3) is 0 Å². The van der Waals surface area contributed by atoms with E-state index in [1.54, 1.807) is 6.92 Å². The first-order valence-electron chi connectivity index (χ1n) is 3.90. The van der Waals surface area contributed by atoms with Gasteiger partial charge in [-0.1, -0.05) is 12.8 Å². The summed E-state index contributed by atoms with van der Waals surface area (Å²) in [5, 5.41) is 0.795. The fourth-order valence-corrected chi connectivity index (χ4v) is 2.43. The molecule has 1 aliphatic rings. The molecule has 0 amide bonds. The zero-order chi connectivity index (χ0) is 7.40. The number of carbonyl (C=O) groups excluding carboxylic acids is 1. The van der Waals surface area contributed by atoms with E-state index in [0.717, 1.165) is 11.0 Å². The third-order valence-electron chi connectivity index (χ3n) is 1.82. The van der Waals surface area contributed by atoms with Crippen LogP contribution in [0.15, 0.2) is 0 Å². The van der Waals surface area contributed by atoms with Crippen molar-refractivity contribution in [1.29, 1.82) is 0 Å². The molecule has 0 heterocycles. The lowest BCUT2D eigenvalue weighted by Crippen LogP contribution is -2.01. The Labute approximate surface area is 66.6 Å². The van der Waals surface area contributed by atoms with Crippen molar-refractivity contribution >= 4 is 17.5 Å². The van der Waals surface area contributed by atoms with E-state index in [9.17, 15) is 4.79 Å². The lowest BCUT2D eigenvalue weighted by molar-refractivity contribution is -0.114. The van der Waals surface area contributed by atoms with Gasteiger partial charge in [0.25, 0.3) is 0 Å². The Morgan fingerprint density at radius 2 is 2.10 bits per heavy atom. The van der Waals surface area contributed by atoms with E-state index in [4.69, 9.17) is 0 Å². The lowest BCUT2D eigenvalue weighted by atomic mass is 10.4. The summed E-state index contributed by atoms with van der Waals surface area (Å²) >= 11 is 1.84. The smallest absolute Gasteiger partial charge is 0.139 e. The zero-order valence-corrected chi connectivity index (χ0v) is 7.25. The maximum atomic E-state index is 10.6. The molecule has 1 saturated carbocycles.